The average molecular weight is 313 g/mol. The van der Waals surface area contributed by atoms with Gasteiger partial charge in [-0.1, -0.05) is 76.9 Å². The van der Waals surface area contributed by atoms with E-state index in [2.05, 4.69) is 19.1 Å². The van der Waals surface area contributed by atoms with E-state index in [1.54, 1.807) is 0 Å². The molecule has 2 nitrogen and oxygen atoms in total. The monoisotopic (exact) mass is 312 g/mol. The highest BCUT2D eigenvalue weighted by Crippen LogP contribution is 2.11. The second kappa shape index (κ2) is 18.7. The van der Waals surface area contributed by atoms with Crippen LogP contribution in [0.4, 0.5) is 0 Å². The first-order valence-corrected chi connectivity index (χ1v) is 9.75. The van der Waals surface area contributed by atoms with Crippen LogP contribution in [0.3, 0.4) is 0 Å². The van der Waals surface area contributed by atoms with Gasteiger partial charge in [0.1, 0.15) is 0 Å². The molecule has 0 aromatic heterocycles. The van der Waals surface area contributed by atoms with Crippen LogP contribution >= 0.6 is 0 Å². The normalized spacial score (nSPS) is 13.0. The van der Waals surface area contributed by atoms with Crippen molar-refractivity contribution in [1.82, 2.24) is 0 Å². The Hall–Kier alpha value is -0.340. The molecule has 2 heteroatoms. The molecule has 0 radical (unpaired) electrons. The van der Waals surface area contributed by atoms with Gasteiger partial charge in [0, 0.05) is 6.61 Å². The van der Waals surface area contributed by atoms with Crippen molar-refractivity contribution >= 4 is 0 Å². The Balaban J connectivity index is 3.16. The molecule has 0 amide bonds. The van der Waals surface area contributed by atoms with Gasteiger partial charge in [-0.05, 0) is 38.5 Å². The van der Waals surface area contributed by atoms with Crippen LogP contribution in [-0.4, -0.2) is 22.9 Å². The minimum atomic E-state index is -0.226. The molecule has 0 fully saturated rings. The third-order valence-corrected chi connectivity index (χ3v) is 4.24. The first kappa shape index (κ1) is 21.7. The molecule has 0 aliphatic heterocycles. The molecular weight excluding hydrogens is 272 g/mol. The van der Waals surface area contributed by atoms with Gasteiger partial charge in [0.2, 0.25) is 0 Å². The van der Waals surface area contributed by atoms with E-state index >= 15 is 0 Å². The number of hydrogen-bond acceptors (Lipinski definition) is 2. The molecule has 0 aromatic carbocycles. The fourth-order valence-corrected chi connectivity index (χ4v) is 2.73. The second-order valence-corrected chi connectivity index (χ2v) is 6.55. The van der Waals surface area contributed by atoms with Gasteiger partial charge in [-0.25, -0.2) is 0 Å². The number of unbranched alkanes of at least 4 members (excludes halogenated alkanes) is 11. The maximum Gasteiger partial charge on any atom is 0.0574 e. The van der Waals surface area contributed by atoms with E-state index in [0.29, 0.717) is 0 Å². The molecule has 0 aliphatic rings. The molecule has 0 saturated heterocycles. The summed E-state index contributed by atoms with van der Waals surface area (Å²) in [6.45, 7) is 2.51. The lowest BCUT2D eigenvalue weighted by atomic mass is 10.1. The van der Waals surface area contributed by atoms with E-state index in [-0.39, 0.29) is 12.7 Å². The van der Waals surface area contributed by atoms with Crippen molar-refractivity contribution in [2.24, 2.45) is 0 Å². The van der Waals surface area contributed by atoms with Crippen molar-refractivity contribution in [3.8, 4) is 0 Å². The first-order valence-electron chi connectivity index (χ1n) is 9.75. The zero-order valence-electron chi connectivity index (χ0n) is 14.9. The quantitative estimate of drug-likeness (QED) is 0.264. The van der Waals surface area contributed by atoms with Crippen LogP contribution in [0, 0.1) is 0 Å². The fourth-order valence-electron chi connectivity index (χ4n) is 2.73. The fraction of sp³-hybridized carbons (Fsp3) is 0.900. The highest BCUT2D eigenvalue weighted by Gasteiger charge is 2.00. The summed E-state index contributed by atoms with van der Waals surface area (Å²) in [7, 11) is 0. The third-order valence-electron chi connectivity index (χ3n) is 4.24. The van der Waals surface area contributed by atoms with Crippen LogP contribution in [0.2, 0.25) is 0 Å². The molecule has 0 aromatic rings. The van der Waals surface area contributed by atoms with Crippen LogP contribution in [0.25, 0.3) is 0 Å². The average Bonchev–Trinajstić information content (AvgIpc) is 2.52. The molecule has 0 aliphatic carbocycles. The van der Waals surface area contributed by atoms with Gasteiger partial charge in [0.25, 0.3) is 0 Å². The molecule has 0 rings (SSSR count). The smallest absolute Gasteiger partial charge is 0.0574 e. The van der Waals surface area contributed by atoms with E-state index in [4.69, 9.17) is 5.11 Å². The van der Waals surface area contributed by atoms with Gasteiger partial charge in [-0.2, -0.15) is 0 Å². The molecule has 0 saturated carbocycles. The van der Waals surface area contributed by atoms with E-state index in [1.165, 1.54) is 64.2 Å². The van der Waals surface area contributed by atoms with Gasteiger partial charge in [0.15, 0.2) is 0 Å². The Bertz CT molecular complexity index is 226. The Morgan fingerprint density at radius 3 is 1.91 bits per heavy atom. The number of aliphatic hydroxyl groups is 2. The van der Waals surface area contributed by atoms with Crippen molar-refractivity contribution < 1.29 is 10.2 Å². The second-order valence-electron chi connectivity index (χ2n) is 6.55. The summed E-state index contributed by atoms with van der Waals surface area (Å²) < 4.78 is 0. The number of hydrogen-bond donors (Lipinski definition) is 2. The van der Waals surface area contributed by atoms with Gasteiger partial charge in [0.05, 0.1) is 6.10 Å². The number of aliphatic hydroxyl groups excluding tert-OH is 2. The van der Waals surface area contributed by atoms with Crippen molar-refractivity contribution in [2.45, 2.75) is 109 Å². The Morgan fingerprint density at radius 1 is 0.727 bits per heavy atom. The predicted molar refractivity (Wildman–Crippen MR) is 97.2 cm³/mol. The molecule has 22 heavy (non-hydrogen) atoms. The van der Waals surface area contributed by atoms with E-state index in [9.17, 15) is 5.11 Å². The molecule has 0 heterocycles. The zero-order valence-corrected chi connectivity index (χ0v) is 14.9. The van der Waals surface area contributed by atoms with Gasteiger partial charge in [-0.15, -0.1) is 0 Å². The summed E-state index contributed by atoms with van der Waals surface area (Å²) in [5.74, 6) is 0. The Morgan fingerprint density at radius 2 is 1.32 bits per heavy atom. The molecular formula is C20H40O2. The molecule has 0 bridgehead atoms. The van der Waals surface area contributed by atoms with E-state index < -0.39 is 0 Å². The van der Waals surface area contributed by atoms with Gasteiger partial charge in [-0.3, -0.25) is 0 Å². The van der Waals surface area contributed by atoms with Crippen molar-refractivity contribution in [2.75, 3.05) is 6.61 Å². The maximum atomic E-state index is 9.72. The minimum Gasteiger partial charge on any atom is -0.396 e. The summed E-state index contributed by atoms with van der Waals surface area (Å²) in [6, 6.07) is 0. The topological polar surface area (TPSA) is 40.5 Å². The summed E-state index contributed by atoms with van der Waals surface area (Å²) in [6.07, 6.45) is 22.4. The highest BCUT2D eigenvalue weighted by atomic mass is 16.3. The van der Waals surface area contributed by atoms with Gasteiger partial charge < -0.3 is 10.2 Å². The van der Waals surface area contributed by atoms with Crippen LogP contribution in [0.15, 0.2) is 12.2 Å². The summed E-state index contributed by atoms with van der Waals surface area (Å²) in [5, 5.41) is 18.4. The number of allylic oxidation sites excluding steroid dienone is 1. The van der Waals surface area contributed by atoms with Crippen LogP contribution in [0.1, 0.15) is 103 Å². The van der Waals surface area contributed by atoms with Crippen molar-refractivity contribution in [1.29, 1.82) is 0 Å². The molecule has 1 unspecified atom stereocenters. The summed E-state index contributed by atoms with van der Waals surface area (Å²) in [5.41, 5.74) is 0. The van der Waals surface area contributed by atoms with Crippen molar-refractivity contribution in [3.63, 3.8) is 0 Å². The maximum absolute atomic E-state index is 9.72. The minimum absolute atomic E-state index is 0.226. The first-order chi connectivity index (χ1) is 10.8. The lowest BCUT2D eigenvalue weighted by Gasteiger charge is -2.06. The summed E-state index contributed by atoms with van der Waals surface area (Å²) >= 11 is 0. The van der Waals surface area contributed by atoms with Crippen LogP contribution < -0.4 is 0 Å². The van der Waals surface area contributed by atoms with Crippen LogP contribution in [0.5, 0.6) is 0 Å². The van der Waals surface area contributed by atoms with Crippen LogP contribution in [-0.2, 0) is 0 Å². The largest absolute Gasteiger partial charge is 0.396 e. The third kappa shape index (κ3) is 17.7. The number of rotatable bonds is 17. The Labute approximate surface area is 139 Å². The predicted octanol–water partition coefficient (Wildman–Crippen LogP) is 5.77. The molecule has 1 atom stereocenters. The molecule has 0 spiro atoms. The van der Waals surface area contributed by atoms with E-state index in [0.717, 1.165) is 32.1 Å². The zero-order chi connectivity index (χ0) is 16.3. The molecule has 132 valence electrons. The lowest BCUT2D eigenvalue weighted by Crippen LogP contribution is -2.04. The van der Waals surface area contributed by atoms with E-state index in [1.807, 2.05) is 0 Å². The standard InChI is InChI=1S/C20H40O2/c1-2-3-4-5-6-7-8-9-10-11-12-13-14-17-20(22)18-15-16-19-21/h13-14,20-22H,2-12,15-19H2,1H3. The SMILES string of the molecule is CCCCCCCCCCCCC=CCC(O)CCCCO. The van der Waals surface area contributed by atoms with Gasteiger partial charge >= 0.3 is 0 Å². The van der Waals surface area contributed by atoms with Crippen molar-refractivity contribution in [3.05, 3.63) is 12.2 Å². The highest BCUT2D eigenvalue weighted by molar-refractivity contribution is 4.83. The lowest BCUT2D eigenvalue weighted by molar-refractivity contribution is 0.160. The Kier molecular flexibility index (Phi) is 18.4. The molecule has 2 N–H and O–H groups in total. The summed E-state index contributed by atoms with van der Waals surface area (Å²) in [4.78, 5) is 0.